The number of alkyl halides is 3. The summed E-state index contributed by atoms with van der Waals surface area (Å²) in [6.07, 6.45) is 2.32. The molecule has 0 spiro atoms. The smallest absolute Gasteiger partial charge is 0.434 e. The highest BCUT2D eigenvalue weighted by atomic mass is 32.1. The van der Waals surface area contributed by atoms with Crippen LogP contribution in [0.2, 0.25) is 0 Å². The van der Waals surface area contributed by atoms with E-state index in [2.05, 4.69) is 49.5 Å². The van der Waals surface area contributed by atoms with E-state index in [4.69, 9.17) is 9.47 Å². The van der Waals surface area contributed by atoms with Crippen molar-refractivity contribution in [3.63, 3.8) is 0 Å². The standard InChI is InChI=1S/C32H42F3N7O4S/c1-4-36-31(44)40-27-14-24(29-39-26(19-47-29)32(33,34)35)25(16-37-27)23-13-22(30(43)46-18-21-7-11-42(3)12-8-21)15-38-28(23)45-17-20-5-9-41(2)10-6-20/h14-16,19-22H,4-13,17-18H2,1-3H3,(H2,36,37,40,44). The minimum atomic E-state index is -4.64. The Labute approximate surface area is 276 Å². The predicted molar refractivity (Wildman–Crippen MR) is 174 cm³/mol. The lowest BCUT2D eigenvalue weighted by Crippen LogP contribution is -2.33. The van der Waals surface area contributed by atoms with E-state index in [1.165, 1.54) is 18.5 Å². The van der Waals surface area contributed by atoms with Crippen LogP contribution in [0.4, 0.5) is 23.8 Å². The third kappa shape index (κ3) is 9.29. The fraction of sp³-hybridized carbons (Fsp3) is 0.594. The zero-order chi connectivity index (χ0) is 33.6. The SMILES string of the molecule is CCNC(=O)Nc1cc(-c2nc(C(F)(F)F)cs2)c(C2=C(OCC3CCN(C)CC3)N=CC(C(=O)OCC3CCN(C)CC3)C2)cn1. The van der Waals surface area contributed by atoms with Crippen molar-refractivity contribution in [3.05, 3.63) is 34.8 Å². The van der Waals surface area contributed by atoms with Gasteiger partial charge in [-0.3, -0.25) is 10.1 Å². The molecule has 0 aromatic carbocycles. The summed E-state index contributed by atoms with van der Waals surface area (Å²) in [6.45, 7) is 6.66. The van der Waals surface area contributed by atoms with Crippen molar-refractivity contribution >= 4 is 40.9 Å². The average molecular weight is 678 g/mol. The molecule has 2 aromatic rings. The highest BCUT2D eigenvalue weighted by Gasteiger charge is 2.35. The molecule has 11 nitrogen and oxygen atoms in total. The topological polar surface area (TPSA) is 121 Å². The number of piperidine rings is 2. The Morgan fingerprint density at radius 1 is 1.02 bits per heavy atom. The number of urea groups is 1. The van der Waals surface area contributed by atoms with Crippen molar-refractivity contribution in [1.29, 1.82) is 0 Å². The first-order chi connectivity index (χ1) is 22.5. The molecule has 2 aromatic heterocycles. The van der Waals surface area contributed by atoms with Crippen molar-refractivity contribution in [2.75, 3.05) is 65.3 Å². The van der Waals surface area contributed by atoms with Crippen molar-refractivity contribution < 1.29 is 32.2 Å². The Balaban J connectivity index is 1.46. The number of carbonyl (C=O) groups excluding carboxylic acids is 2. The summed E-state index contributed by atoms with van der Waals surface area (Å²) in [5.41, 5.74) is 0.205. The highest BCUT2D eigenvalue weighted by molar-refractivity contribution is 7.13. The number of anilines is 1. The highest BCUT2D eigenvalue weighted by Crippen LogP contribution is 2.41. The molecule has 5 rings (SSSR count). The van der Waals surface area contributed by atoms with Crippen molar-refractivity contribution in [2.24, 2.45) is 22.7 Å². The van der Waals surface area contributed by atoms with Gasteiger partial charge in [-0.1, -0.05) is 0 Å². The number of halogens is 3. The number of carbonyl (C=O) groups is 2. The Hall–Kier alpha value is -3.56. The molecule has 0 saturated carbocycles. The number of rotatable bonds is 10. The van der Waals surface area contributed by atoms with Gasteiger partial charge in [0.25, 0.3) is 0 Å². The Kier molecular flexibility index (Phi) is 11.5. The molecule has 1 atom stereocenters. The van der Waals surface area contributed by atoms with Crippen LogP contribution in [0.3, 0.4) is 0 Å². The van der Waals surface area contributed by atoms with Gasteiger partial charge in [-0.05, 0) is 97.2 Å². The predicted octanol–water partition coefficient (Wildman–Crippen LogP) is 5.37. The minimum Gasteiger partial charge on any atom is -0.477 e. The second-order valence-corrected chi connectivity index (χ2v) is 13.3. The number of pyridine rings is 1. The number of amides is 2. The van der Waals surface area contributed by atoms with Gasteiger partial charge in [0.2, 0.25) is 5.88 Å². The van der Waals surface area contributed by atoms with E-state index in [9.17, 15) is 22.8 Å². The molecule has 0 aliphatic carbocycles. The van der Waals surface area contributed by atoms with Crippen molar-refractivity contribution in [2.45, 2.75) is 45.2 Å². The number of ether oxygens (including phenoxy) is 2. The number of hydrogen-bond donors (Lipinski definition) is 2. The van der Waals surface area contributed by atoms with Crippen LogP contribution in [0.1, 0.15) is 50.3 Å². The fourth-order valence-electron chi connectivity index (χ4n) is 5.84. The molecule has 2 fully saturated rings. The third-order valence-corrected chi connectivity index (χ3v) is 9.66. The van der Waals surface area contributed by atoms with Crippen molar-refractivity contribution in [3.8, 4) is 10.6 Å². The van der Waals surface area contributed by atoms with E-state index in [0.29, 0.717) is 42.4 Å². The molecule has 0 bridgehead atoms. The first kappa shape index (κ1) is 34.8. The van der Waals surface area contributed by atoms with Crippen LogP contribution in [0.15, 0.2) is 28.5 Å². The lowest BCUT2D eigenvalue weighted by molar-refractivity contribution is -0.147. The maximum Gasteiger partial charge on any atom is 0.434 e. The Bertz CT molecular complexity index is 1460. The van der Waals surface area contributed by atoms with Gasteiger partial charge in [-0.15, -0.1) is 11.3 Å². The first-order valence-electron chi connectivity index (χ1n) is 16.0. The molecule has 2 saturated heterocycles. The van der Waals surface area contributed by atoms with Gasteiger partial charge in [-0.25, -0.2) is 19.8 Å². The molecule has 0 radical (unpaired) electrons. The fourth-order valence-corrected chi connectivity index (χ4v) is 6.70. The number of aromatic nitrogens is 2. The zero-order valence-corrected chi connectivity index (χ0v) is 27.8. The lowest BCUT2D eigenvalue weighted by Gasteiger charge is -2.30. The van der Waals surface area contributed by atoms with Crippen LogP contribution in [-0.2, 0) is 20.4 Å². The molecule has 3 aliphatic heterocycles. The van der Waals surface area contributed by atoms with E-state index in [0.717, 1.165) is 68.6 Å². The van der Waals surface area contributed by atoms with Gasteiger partial charge in [0.05, 0.1) is 19.1 Å². The van der Waals surface area contributed by atoms with Gasteiger partial charge in [-0.2, -0.15) is 13.2 Å². The minimum absolute atomic E-state index is 0.0757. The number of likely N-dealkylation sites (tertiary alicyclic amines) is 2. The number of thiazole rings is 1. The maximum atomic E-state index is 13.6. The maximum absolute atomic E-state index is 13.6. The second-order valence-electron chi connectivity index (χ2n) is 12.4. The summed E-state index contributed by atoms with van der Waals surface area (Å²) >= 11 is 0.825. The number of hydrogen-bond acceptors (Lipinski definition) is 10. The molecular formula is C32H42F3N7O4S. The molecule has 5 heterocycles. The largest absolute Gasteiger partial charge is 0.477 e. The molecule has 3 aliphatic rings. The van der Waals surface area contributed by atoms with E-state index in [1.54, 1.807) is 6.92 Å². The van der Waals surface area contributed by atoms with Crippen LogP contribution in [-0.4, -0.2) is 98.0 Å². The Morgan fingerprint density at radius 3 is 2.30 bits per heavy atom. The number of aliphatic imine (C=N–C) groups is 1. The van der Waals surface area contributed by atoms with E-state index < -0.39 is 29.8 Å². The summed E-state index contributed by atoms with van der Waals surface area (Å²) in [7, 11) is 4.15. The van der Waals surface area contributed by atoms with Gasteiger partial charge >= 0.3 is 18.2 Å². The molecule has 1 unspecified atom stereocenters. The van der Waals surface area contributed by atoms with Crippen LogP contribution in [0.25, 0.3) is 16.1 Å². The summed E-state index contributed by atoms with van der Waals surface area (Å²) < 4.78 is 52.9. The van der Waals surface area contributed by atoms with Crippen LogP contribution >= 0.6 is 11.3 Å². The molecule has 47 heavy (non-hydrogen) atoms. The van der Waals surface area contributed by atoms with Crippen LogP contribution in [0, 0.1) is 17.8 Å². The van der Waals surface area contributed by atoms with Gasteiger partial charge in [0.15, 0.2) is 5.69 Å². The lowest BCUT2D eigenvalue weighted by atomic mass is 9.91. The quantitative estimate of drug-likeness (QED) is 0.322. The van der Waals surface area contributed by atoms with Crippen molar-refractivity contribution in [1.82, 2.24) is 25.1 Å². The monoisotopic (exact) mass is 677 g/mol. The second kappa shape index (κ2) is 15.6. The van der Waals surface area contributed by atoms with E-state index >= 15 is 0 Å². The van der Waals surface area contributed by atoms with E-state index in [1.807, 2.05) is 0 Å². The molecular weight excluding hydrogens is 635 g/mol. The average Bonchev–Trinajstić information content (AvgIpc) is 3.56. The summed E-state index contributed by atoms with van der Waals surface area (Å²) in [5, 5.41) is 6.25. The molecule has 2 amide bonds. The van der Waals surface area contributed by atoms with Gasteiger partial charge in [0.1, 0.15) is 10.8 Å². The Morgan fingerprint density at radius 2 is 1.68 bits per heavy atom. The normalized spacial score (nSPS) is 20.3. The molecule has 256 valence electrons. The van der Waals surface area contributed by atoms with Crippen LogP contribution in [0.5, 0.6) is 0 Å². The molecule has 2 N–H and O–H groups in total. The number of esters is 1. The number of allylic oxidation sites excluding steroid dienone is 1. The zero-order valence-electron chi connectivity index (χ0n) is 26.9. The number of nitrogens with one attached hydrogen (secondary N) is 2. The summed E-state index contributed by atoms with van der Waals surface area (Å²) in [4.78, 5) is 43.0. The summed E-state index contributed by atoms with van der Waals surface area (Å²) in [6, 6.07) is 0.974. The first-order valence-corrected chi connectivity index (χ1v) is 16.9. The van der Waals surface area contributed by atoms with Gasteiger partial charge in [0, 0.05) is 41.0 Å². The third-order valence-electron chi connectivity index (χ3n) is 8.78. The summed E-state index contributed by atoms with van der Waals surface area (Å²) in [5.74, 6) is -0.147. The van der Waals surface area contributed by atoms with E-state index in [-0.39, 0.29) is 29.0 Å². The van der Waals surface area contributed by atoms with Gasteiger partial charge < -0.3 is 24.6 Å². The number of nitrogens with zero attached hydrogens (tertiary/aromatic N) is 5. The van der Waals surface area contributed by atoms with Crippen LogP contribution < -0.4 is 10.6 Å². The molecule has 15 heteroatoms.